The van der Waals surface area contributed by atoms with Crippen LogP contribution in [0.1, 0.15) is 31.0 Å². The van der Waals surface area contributed by atoms with E-state index in [9.17, 15) is 0 Å². The number of halogens is 1. The first-order valence-corrected chi connectivity index (χ1v) is 7.43. The molecule has 0 aliphatic heterocycles. The fraction of sp³-hybridized carbons (Fsp3) is 0.438. The van der Waals surface area contributed by atoms with E-state index in [0.29, 0.717) is 6.04 Å². The summed E-state index contributed by atoms with van der Waals surface area (Å²) in [5, 5.41) is 8.72. The molecule has 0 fully saturated rings. The Morgan fingerprint density at radius 2 is 2.30 bits per heavy atom. The Balaban J connectivity index is 1.73. The van der Waals surface area contributed by atoms with Crippen molar-refractivity contribution < 1.29 is 0 Å². The first kappa shape index (κ1) is 13.7. The molecule has 1 atom stereocenters. The molecule has 1 N–H and O–H groups in total. The van der Waals surface area contributed by atoms with Gasteiger partial charge in [0.1, 0.15) is 0 Å². The zero-order chi connectivity index (χ0) is 14.2. The van der Waals surface area contributed by atoms with Crippen LogP contribution in [0.2, 0.25) is 5.02 Å². The molecule has 1 aliphatic rings. The fourth-order valence-corrected chi connectivity index (χ4v) is 3.33. The second-order valence-electron chi connectivity index (χ2n) is 6.16. The van der Waals surface area contributed by atoms with Gasteiger partial charge in [-0.2, -0.15) is 5.10 Å². The third-order valence-electron chi connectivity index (χ3n) is 4.10. The molecule has 0 radical (unpaired) electrons. The van der Waals surface area contributed by atoms with Gasteiger partial charge in [0.25, 0.3) is 0 Å². The van der Waals surface area contributed by atoms with Crippen LogP contribution in [-0.4, -0.2) is 16.3 Å². The van der Waals surface area contributed by atoms with Crippen molar-refractivity contribution >= 4 is 11.6 Å². The van der Waals surface area contributed by atoms with Crippen molar-refractivity contribution in [2.24, 2.45) is 5.41 Å². The van der Waals surface area contributed by atoms with E-state index in [4.69, 9.17) is 11.6 Å². The minimum atomic E-state index is 0.219. The molecule has 0 amide bonds. The lowest BCUT2D eigenvalue weighted by Crippen LogP contribution is -2.33. The predicted octanol–water partition coefficient (Wildman–Crippen LogP) is 3.45. The van der Waals surface area contributed by atoms with Gasteiger partial charge < -0.3 is 5.32 Å². The maximum atomic E-state index is 6.16. The van der Waals surface area contributed by atoms with Crippen molar-refractivity contribution in [2.45, 2.75) is 32.9 Å². The molecule has 0 spiro atoms. The van der Waals surface area contributed by atoms with Crippen molar-refractivity contribution in [3.8, 4) is 0 Å². The molecule has 20 heavy (non-hydrogen) atoms. The highest BCUT2D eigenvalue weighted by Crippen LogP contribution is 2.45. The normalized spacial score (nSPS) is 20.1. The van der Waals surface area contributed by atoms with Crippen molar-refractivity contribution in [1.29, 1.82) is 0 Å². The van der Waals surface area contributed by atoms with Gasteiger partial charge in [0, 0.05) is 30.0 Å². The first-order valence-electron chi connectivity index (χ1n) is 7.05. The molecular formula is C16H20ClN3. The second-order valence-corrected chi connectivity index (χ2v) is 6.60. The summed E-state index contributed by atoms with van der Waals surface area (Å²) in [6.07, 6.45) is 4.90. The van der Waals surface area contributed by atoms with Crippen LogP contribution >= 0.6 is 11.6 Å². The molecule has 3 nitrogen and oxygen atoms in total. The smallest absolute Gasteiger partial charge is 0.0534 e. The molecule has 1 unspecified atom stereocenters. The standard InChI is InChI=1S/C16H20ClN3/c1-16(2)11-12-4-5-13(17)10-14(12)15(16)18-7-9-20-8-3-6-19-20/h3-6,8,10,15,18H,7,9,11H2,1-2H3. The summed E-state index contributed by atoms with van der Waals surface area (Å²) in [7, 11) is 0. The largest absolute Gasteiger partial charge is 0.308 e. The van der Waals surface area contributed by atoms with E-state index in [2.05, 4.69) is 36.4 Å². The molecule has 3 rings (SSSR count). The molecule has 0 bridgehead atoms. The molecule has 4 heteroatoms. The van der Waals surface area contributed by atoms with Gasteiger partial charge in [-0.15, -0.1) is 0 Å². The number of benzene rings is 1. The van der Waals surface area contributed by atoms with Crippen molar-refractivity contribution in [1.82, 2.24) is 15.1 Å². The second kappa shape index (κ2) is 5.23. The highest BCUT2D eigenvalue weighted by molar-refractivity contribution is 6.30. The van der Waals surface area contributed by atoms with Crippen LogP contribution in [0.15, 0.2) is 36.7 Å². The molecule has 1 aromatic heterocycles. The third kappa shape index (κ3) is 2.60. The lowest BCUT2D eigenvalue weighted by atomic mass is 9.85. The van der Waals surface area contributed by atoms with Gasteiger partial charge >= 0.3 is 0 Å². The summed E-state index contributed by atoms with van der Waals surface area (Å²) in [5.41, 5.74) is 2.98. The van der Waals surface area contributed by atoms with Crippen LogP contribution in [0.5, 0.6) is 0 Å². The highest BCUT2D eigenvalue weighted by atomic mass is 35.5. The van der Waals surface area contributed by atoms with Crippen LogP contribution in [-0.2, 0) is 13.0 Å². The Bertz CT molecular complexity index is 590. The maximum Gasteiger partial charge on any atom is 0.0534 e. The lowest BCUT2D eigenvalue weighted by Gasteiger charge is -2.28. The zero-order valence-electron chi connectivity index (χ0n) is 11.9. The SMILES string of the molecule is CC1(C)Cc2ccc(Cl)cc2C1NCCn1cccn1. The average molecular weight is 290 g/mol. The lowest BCUT2D eigenvalue weighted by molar-refractivity contribution is 0.266. The number of fused-ring (bicyclic) bond motifs is 1. The van der Waals surface area contributed by atoms with Gasteiger partial charge in [-0.1, -0.05) is 31.5 Å². The molecule has 106 valence electrons. The zero-order valence-corrected chi connectivity index (χ0v) is 12.7. The number of nitrogens with zero attached hydrogens (tertiary/aromatic N) is 2. The number of rotatable bonds is 4. The monoisotopic (exact) mass is 289 g/mol. The first-order chi connectivity index (χ1) is 9.56. The average Bonchev–Trinajstić information content (AvgIpc) is 2.97. The topological polar surface area (TPSA) is 29.9 Å². The Morgan fingerprint density at radius 1 is 1.45 bits per heavy atom. The van der Waals surface area contributed by atoms with E-state index in [-0.39, 0.29) is 5.41 Å². The number of nitrogens with one attached hydrogen (secondary N) is 1. The van der Waals surface area contributed by atoms with Crippen molar-refractivity contribution in [2.75, 3.05) is 6.54 Å². The highest BCUT2D eigenvalue weighted by Gasteiger charge is 2.38. The van der Waals surface area contributed by atoms with Gasteiger partial charge in [-0.05, 0) is 41.2 Å². The minimum absolute atomic E-state index is 0.219. The Labute approximate surface area is 124 Å². The summed E-state index contributed by atoms with van der Waals surface area (Å²) in [6, 6.07) is 8.56. The summed E-state index contributed by atoms with van der Waals surface area (Å²) >= 11 is 6.16. The number of hydrogen-bond donors (Lipinski definition) is 1. The molecular weight excluding hydrogens is 270 g/mol. The fourth-order valence-electron chi connectivity index (χ4n) is 3.15. The van der Waals surface area contributed by atoms with E-state index in [1.807, 2.05) is 29.2 Å². The molecule has 1 aromatic carbocycles. The summed E-state index contributed by atoms with van der Waals surface area (Å²) in [5.74, 6) is 0. The maximum absolute atomic E-state index is 6.16. The van der Waals surface area contributed by atoms with Crippen LogP contribution < -0.4 is 5.32 Å². The minimum Gasteiger partial charge on any atom is -0.308 e. The van der Waals surface area contributed by atoms with E-state index < -0.39 is 0 Å². The van der Waals surface area contributed by atoms with Crippen LogP contribution in [0.3, 0.4) is 0 Å². The van der Waals surface area contributed by atoms with Gasteiger partial charge in [0.2, 0.25) is 0 Å². The summed E-state index contributed by atoms with van der Waals surface area (Å²) < 4.78 is 1.95. The number of aromatic nitrogens is 2. The van der Waals surface area contributed by atoms with Gasteiger partial charge in [0.05, 0.1) is 6.54 Å². The van der Waals surface area contributed by atoms with Crippen molar-refractivity contribution in [3.63, 3.8) is 0 Å². The van der Waals surface area contributed by atoms with Crippen LogP contribution in [0.4, 0.5) is 0 Å². The van der Waals surface area contributed by atoms with Crippen LogP contribution in [0.25, 0.3) is 0 Å². The number of hydrogen-bond acceptors (Lipinski definition) is 2. The third-order valence-corrected chi connectivity index (χ3v) is 4.33. The molecule has 2 aromatic rings. The molecule has 0 saturated carbocycles. The van der Waals surface area contributed by atoms with Crippen LogP contribution in [0, 0.1) is 5.41 Å². The Morgan fingerprint density at radius 3 is 3.05 bits per heavy atom. The Kier molecular flexibility index (Phi) is 3.57. The van der Waals surface area contributed by atoms with E-state index in [1.54, 1.807) is 0 Å². The molecule has 1 aliphatic carbocycles. The molecule has 0 saturated heterocycles. The van der Waals surface area contributed by atoms with E-state index in [1.165, 1.54) is 11.1 Å². The van der Waals surface area contributed by atoms with E-state index in [0.717, 1.165) is 24.5 Å². The quantitative estimate of drug-likeness (QED) is 0.934. The summed E-state index contributed by atoms with van der Waals surface area (Å²) in [6.45, 7) is 6.41. The van der Waals surface area contributed by atoms with Crippen molar-refractivity contribution in [3.05, 3.63) is 52.8 Å². The molecule has 1 heterocycles. The predicted molar refractivity (Wildman–Crippen MR) is 81.9 cm³/mol. The Hall–Kier alpha value is -1.32. The van der Waals surface area contributed by atoms with Gasteiger partial charge in [-0.3, -0.25) is 4.68 Å². The van der Waals surface area contributed by atoms with Gasteiger partial charge in [0.15, 0.2) is 0 Å². The summed E-state index contributed by atoms with van der Waals surface area (Å²) in [4.78, 5) is 0. The van der Waals surface area contributed by atoms with E-state index >= 15 is 0 Å². The van der Waals surface area contributed by atoms with Gasteiger partial charge in [-0.25, -0.2) is 0 Å².